The summed E-state index contributed by atoms with van der Waals surface area (Å²) in [6.07, 6.45) is 2.15. The normalized spacial score (nSPS) is 12.4. The highest BCUT2D eigenvalue weighted by Crippen LogP contribution is 2.32. The van der Waals surface area contributed by atoms with Crippen molar-refractivity contribution in [1.82, 2.24) is 9.97 Å². The Bertz CT molecular complexity index is 336. The predicted octanol–water partition coefficient (Wildman–Crippen LogP) is 1.32. The molecule has 1 rings (SSSR count). The average Bonchev–Trinajstić information content (AvgIpc) is 2.24. The van der Waals surface area contributed by atoms with Gasteiger partial charge in [-0.3, -0.25) is 0 Å². The zero-order chi connectivity index (χ0) is 12.0. The first-order valence-corrected chi connectivity index (χ1v) is 6.07. The molecule has 6 heteroatoms. The molecule has 90 valence electrons. The molecule has 0 saturated heterocycles. The van der Waals surface area contributed by atoms with Gasteiger partial charge in [-0.05, 0) is 13.3 Å². The summed E-state index contributed by atoms with van der Waals surface area (Å²) < 4.78 is 5.28. The van der Waals surface area contributed by atoms with Crippen molar-refractivity contribution in [3.8, 4) is 5.88 Å². The molecule has 1 heterocycles. The maximum Gasteiger partial charge on any atom is 0.241 e. The maximum absolute atomic E-state index is 8.82. The molecule has 0 fully saturated rings. The van der Waals surface area contributed by atoms with Crippen LogP contribution < -0.4 is 10.5 Å². The molecule has 0 radical (unpaired) electrons. The summed E-state index contributed by atoms with van der Waals surface area (Å²) in [7, 11) is 0. The number of anilines is 1. The van der Waals surface area contributed by atoms with E-state index in [9.17, 15) is 0 Å². The second kappa shape index (κ2) is 6.55. The topological polar surface area (TPSA) is 81.3 Å². The highest BCUT2D eigenvalue weighted by atomic mass is 32.2. The summed E-state index contributed by atoms with van der Waals surface area (Å²) in [6, 6.07) is 0. The van der Waals surface area contributed by atoms with E-state index in [0.717, 1.165) is 0 Å². The van der Waals surface area contributed by atoms with Gasteiger partial charge in [-0.1, -0.05) is 6.92 Å². The van der Waals surface area contributed by atoms with Crippen LogP contribution in [0.4, 0.5) is 5.69 Å². The number of hydrogen-bond acceptors (Lipinski definition) is 6. The Morgan fingerprint density at radius 2 is 2.31 bits per heavy atom. The number of nitrogen functional groups attached to an aromatic ring is 1. The number of aliphatic hydroxyl groups excluding tert-OH is 1. The fraction of sp³-hybridized carbons (Fsp3) is 0.600. The van der Waals surface area contributed by atoms with Crippen LogP contribution in [0.2, 0.25) is 0 Å². The van der Waals surface area contributed by atoms with Crippen molar-refractivity contribution in [2.45, 2.75) is 30.5 Å². The third-order valence-electron chi connectivity index (χ3n) is 1.94. The molecular formula is C10H17N3O2S. The van der Waals surface area contributed by atoms with Crippen LogP contribution >= 0.6 is 11.8 Å². The molecule has 16 heavy (non-hydrogen) atoms. The number of hydrogen-bond donors (Lipinski definition) is 2. The van der Waals surface area contributed by atoms with Gasteiger partial charge in [0.05, 0.1) is 6.61 Å². The minimum atomic E-state index is 0.164. The molecule has 0 spiro atoms. The molecule has 0 aliphatic rings. The number of nitrogens with zero attached hydrogens (tertiary/aromatic N) is 2. The first-order valence-electron chi connectivity index (χ1n) is 5.19. The van der Waals surface area contributed by atoms with Crippen molar-refractivity contribution in [1.29, 1.82) is 0 Å². The molecule has 1 unspecified atom stereocenters. The van der Waals surface area contributed by atoms with E-state index in [1.54, 1.807) is 0 Å². The molecule has 0 aliphatic carbocycles. The standard InChI is InChI=1S/C10H17N3O2S/c1-3-15-9-8(11)10(13-6-12-9)16-7(2)4-5-14/h6-7,14H,3-5,11H2,1-2H3. The number of rotatable bonds is 6. The summed E-state index contributed by atoms with van der Waals surface area (Å²) in [5.41, 5.74) is 6.35. The lowest BCUT2D eigenvalue weighted by Crippen LogP contribution is -2.05. The van der Waals surface area contributed by atoms with Crippen LogP contribution in [-0.2, 0) is 0 Å². The first-order chi connectivity index (χ1) is 7.69. The van der Waals surface area contributed by atoms with E-state index in [1.807, 2.05) is 13.8 Å². The molecule has 1 aromatic heterocycles. The lowest BCUT2D eigenvalue weighted by molar-refractivity contribution is 0.289. The lowest BCUT2D eigenvalue weighted by Gasteiger charge is -2.12. The van der Waals surface area contributed by atoms with Crippen LogP contribution in [0.15, 0.2) is 11.4 Å². The fourth-order valence-electron chi connectivity index (χ4n) is 1.14. The van der Waals surface area contributed by atoms with E-state index in [0.29, 0.717) is 29.6 Å². The van der Waals surface area contributed by atoms with Crippen LogP contribution in [0.1, 0.15) is 20.3 Å². The van der Waals surface area contributed by atoms with E-state index in [-0.39, 0.29) is 11.9 Å². The quantitative estimate of drug-likeness (QED) is 0.579. The van der Waals surface area contributed by atoms with Gasteiger partial charge in [-0.25, -0.2) is 4.98 Å². The molecular weight excluding hydrogens is 226 g/mol. The van der Waals surface area contributed by atoms with Crippen LogP contribution in [0, 0.1) is 0 Å². The predicted molar refractivity (Wildman–Crippen MR) is 64.6 cm³/mol. The third kappa shape index (κ3) is 3.53. The Kier molecular flexibility index (Phi) is 5.34. The summed E-state index contributed by atoms with van der Waals surface area (Å²) in [6.45, 7) is 4.58. The van der Waals surface area contributed by atoms with E-state index in [4.69, 9.17) is 15.6 Å². The highest BCUT2D eigenvalue weighted by molar-refractivity contribution is 8.00. The van der Waals surface area contributed by atoms with Crippen LogP contribution in [0.25, 0.3) is 0 Å². The summed E-state index contributed by atoms with van der Waals surface area (Å²) in [5.74, 6) is 0.427. The Balaban J connectivity index is 2.76. The zero-order valence-electron chi connectivity index (χ0n) is 9.51. The average molecular weight is 243 g/mol. The molecule has 3 N–H and O–H groups in total. The van der Waals surface area contributed by atoms with Crippen molar-refractivity contribution in [3.63, 3.8) is 0 Å². The Morgan fingerprint density at radius 1 is 1.56 bits per heavy atom. The number of ether oxygens (including phenoxy) is 1. The molecule has 5 nitrogen and oxygen atoms in total. The van der Waals surface area contributed by atoms with Gasteiger partial charge in [0.1, 0.15) is 17.0 Å². The van der Waals surface area contributed by atoms with E-state index in [2.05, 4.69) is 9.97 Å². The van der Waals surface area contributed by atoms with E-state index >= 15 is 0 Å². The van der Waals surface area contributed by atoms with Crippen LogP contribution in [0.5, 0.6) is 5.88 Å². The minimum absolute atomic E-state index is 0.164. The van der Waals surface area contributed by atoms with Crippen molar-refractivity contribution >= 4 is 17.4 Å². The lowest BCUT2D eigenvalue weighted by atomic mass is 10.3. The van der Waals surface area contributed by atoms with Gasteiger partial charge in [0.15, 0.2) is 0 Å². The van der Waals surface area contributed by atoms with Gasteiger partial charge in [0.25, 0.3) is 0 Å². The second-order valence-electron chi connectivity index (χ2n) is 3.27. The number of aromatic nitrogens is 2. The van der Waals surface area contributed by atoms with Gasteiger partial charge in [0, 0.05) is 11.9 Å². The minimum Gasteiger partial charge on any atom is -0.476 e. The zero-order valence-corrected chi connectivity index (χ0v) is 10.3. The van der Waals surface area contributed by atoms with Gasteiger partial charge in [0.2, 0.25) is 5.88 Å². The largest absolute Gasteiger partial charge is 0.476 e. The monoisotopic (exact) mass is 243 g/mol. The van der Waals surface area contributed by atoms with E-state index < -0.39 is 0 Å². The maximum atomic E-state index is 8.82. The first kappa shape index (κ1) is 13.1. The molecule has 0 bridgehead atoms. The van der Waals surface area contributed by atoms with Crippen LogP contribution in [-0.4, -0.2) is 33.5 Å². The fourth-order valence-corrected chi connectivity index (χ4v) is 2.07. The van der Waals surface area contributed by atoms with Gasteiger partial charge in [-0.2, -0.15) is 4.98 Å². The second-order valence-corrected chi connectivity index (χ2v) is 4.70. The SMILES string of the molecule is CCOc1ncnc(SC(C)CCO)c1N. The smallest absolute Gasteiger partial charge is 0.241 e. The van der Waals surface area contributed by atoms with Crippen LogP contribution in [0.3, 0.4) is 0 Å². The van der Waals surface area contributed by atoms with Crippen molar-refractivity contribution in [2.75, 3.05) is 18.9 Å². The van der Waals surface area contributed by atoms with Crippen molar-refractivity contribution in [3.05, 3.63) is 6.33 Å². The summed E-state index contributed by atoms with van der Waals surface area (Å²) in [4.78, 5) is 8.07. The van der Waals surface area contributed by atoms with Crippen molar-refractivity contribution < 1.29 is 9.84 Å². The molecule has 1 atom stereocenters. The number of aliphatic hydroxyl groups is 1. The molecule has 0 saturated carbocycles. The third-order valence-corrected chi connectivity index (χ3v) is 3.13. The molecule has 1 aromatic rings. The van der Waals surface area contributed by atoms with Gasteiger partial charge >= 0.3 is 0 Å². The highest BCUT2D eigenvalue weighted by Gasteiger charge is 2.12. The van der Waals surface area contributed by atoms with Gasteiger partial charge in [-0.15, -0.1) is 11.8 Å². The Labute approximate surface area is 99.4 Å². The summed E-state index contributed by atoms with van der Waals surface area (Å²) >= 11 is 1.52. The molecule has 0 aliphatic heterocycles. The van der Waals surface area contributed by atoms with E-state index in [1.165, 1.54) is 18.1 Å². The Hall–Kier alpha value is -1.01. The molecule has 0 amide bonds. The molecule has 0 aromatic carbocycles. The van der Waals surface area contributed by atoms with Gasteiger partial charge < -0.3 is 15.6 Å². The number of thioether (sulfide) groups is 1. The van der Waals surface area contributed by atoms with Crippen molar-refractivity contribution in [2.24, 2.45) is 0 Å². The Morgan fingerprint density at radius 3 is 2.94 bits per heavy atom. The summed E-state index contributed by atoms with van der Waals surface area (Å²) in [5, 5.41) is 9.79. The number of nitrogens with two attached hydrogens (primary N) is 1.